The van der Waals surface area contributed by atoms with Crippen molar-refractivity contribution in [3.63, 3.8) is 0 Å². The van der Waals surface area contributed by atoms with Gasteiger partial charge < -0.3 is 19.8 Å². The fraction of sp³-hybridized carbons (Fsp3) is 0.412. The summed E-state index contributed by atoms with van der Waals surface area (Å²) < 4.78 is 10.3. The van der Waals surface area contributed by atoms with E-state index in [2.05, 4.69) is 10.3 Å². The number of para-hydroxylation sites is 1. The van der Waals surface area contributed by atoms with Crippen molar-refractivity contribution < 1.29 is 19.1 Å². The summed E-state index contributed by atoms with van der Waals surface area (Å²) in [7, 11) is 0. The maximum Gasteiger partial charge on any atom is 0.408 e. The summed E-state index contributed by atoms with van der Waals surface area (Å²) in [6, 6.07) is 8.48. The number of carbonyl (C=O) groups excluding carboxylic acids is 2. The number of esters is 1. The molecule has 1 aromatic heterocycles. The van der Waals surface area contributed by atoms with Crippen LogP contribution in [0.1, 0.15) is 39.4 Å². The van der Waals surface area contributed by atoms with Crippen LogP contribution in [0.3, 0.4) is 0 Å². The molecular formula is C17H22N2O4. The van der Waals surface area contributed by atoms with Crippen molar-refractivity contribution in [2.75, 3.05) is 6.61 Å². The molecule has 1 unspecified atom stereocenters. The molecule has 2 rings (SSSR count). The number of alkyl carbamates (subject to hydrolysis) is 1. The van der Waals surface area contributed by atoms with Gasteiger partial charge in [0, 0.05) is 5.52 Å². The van der Waals surface area contributed by atoms with Gasteiger partial charge in [-0.3, -0.25) is 0 Å². The van der Waals surface area contributed by atoms with E-state index in [0.717, 1.165) is 10.9 Å². The number of H-pyrrole nitrogens is 1. The molecule has 0 aliphatic heterocycles. The van der Waals surface area contributed by atoms with Gasteiger partial charge in [0.05, 0.1) is 12.3 Å². The number of benzene rings is 1. The number of hydrogen-bond acceptors (Lipinski definition) is 4. The molecule has 0 saturated heterocycles. The third kappa shape index (κ3) is 4.48. The second-order valence-electron chi connectivity index (χ2n) is 6.14. The SMILES string of the molecule is CCOC(=O)C(NC(=O)OC(C)(C)C)c1cc2ccccc2[nH]1. The minimum absolute atomic E-state index is 0.228. The van der Waals surface area contributed by atoms with Gasteiger partial charge in [0.2, 0.25) is 0 Å². The van der Waals surface area contributed by atoms with Gasteiger partial charge in [-0.1, -0.05) is 18.2 Å². The van der Waals surface area contributed by atoms with Crippen molar-refractivity contribution >= 4 is 23.0 Å². The highest BCUT2D eigenvalue weighted by atomic mass is 16.6. The molecule has 1 amide bonds. The first kappa shape index (κ1) is 16.9. The molecule has 0 spiro atoms. The fourth-order valence-electron chi connectivity index (χ4n) is 2.17. The summed E-state index contributed by atoms with van der Waals surface area (Å²) >= 11 is 0. The predicted molar refractivity (Wildman–Crippen MR) is 87.0 cm³/mol. The Morgan fingerprint density at radius 1 is 1.26 bits per heavy atom. The number of aromatic nitrogens is 1. The van der Waals surface area contributed by atoms with Crippen molar-refractivity contribution in [3.8, 4) is 0 Å². The van der Waals surface area contributed by atoms with Gasteiger partial charge in [0.1, 0.15) is 5.60 Å². The molecule has 2 aromatic rings. The summed E-state index contributed by atoms with van der Waals surface area (Å²) in [5, 5.41) is 3.52. The molecule has 0 radical (unpaired) electrons. The van der Waals surface area contributed by atoms with Crippen LogP contribution in [-0.2, 0) is 14.3 Å². The lowest BCUT2D eigenvalue weighted by Crippen LogP contribution is -2.39. The van der Waals surface area contributed by atoms with Gasteiger partial charge in [-0.25, -0.2) is 9.59 Å². The lowest BCUT2D eigenvalue weighted by atomic mass is 10.2. The maximum atomic E-state index is 12.2. The fourth-order valence-corrected chi connectivity index (χ4v) is 2.17. The molecule has 1 atom stereocenters. The standard InChI is InChI=1S/C17H22N2O4/c1-5-22-15(20)14(19-16(21)23-17(2,3)4)13-10-11-8-6-7-9-12(11)18-13/h6-10,14,18H,5H2,1-4H3,(H,19,21). The molecule has 0 aliphatic carbocycles. The van der Waals surface area contributed by atoms with Crippen LogP contribution in [0, 0.1) is 0 Å². The van der Waals surface area contributed by atoms with Crippen LogP contribution in [0.25, 0.3) is 10.9 Å². The maximum absolute atomic E-state index is 12.2. The monoisotopic (exact) mass is 318 g/mol. The second kappa shape index (κ2) is 6.73. The van der Waals surface area contributed by atoms with E-state index in [-0.39, 0.29) is 6.61 Å². The first-order valence-electron chi connectivity index (χ1n) is 7.54. The van der Waals surface area contributed by atoms with Crippen LogP contribution in [-0.4, -0.2) is 29.3 Å². The molecule has 1 heterocycles. The van der Waals surface area contributed by atoms with Gasteiger partial charge in [0.25, 0.3) is 0 Å². The van der Waals surface area contributed by atoms with E-state index >= 15 is 0 Å². The van der Waals surface area contributed by atoms with E-state index in [1.807, 2.05) is 30.3 Å². The number of hydrogen-bond donors (Lipinski definition) is 2. The lowest BCUT2D eigenvalue weighted by molar-refractivity contribution is -0.145. The Labute approximate surface area is 135 Å². The van der Waals surface area contributed by atoms with E-state index in [1.165, 1.54) is 0 Å². The normalized spacial score (nSPS) is 12.7. The molecule has 6 heteroatoms. The Hall–Kier alpha value is -2.50. The highest BCUT2D eigenvalue weighted by Gasteiger charge is 2.28. The van der Waals surface area contributed by atoms with Gasteiger partial charge in [-0.15, -0.1) is 0 Å². The largest absolute Gasteiger partial charge is 0.464 e. The molecule has 0 bridgehead atoms. The van der Waals surface area contributed by atoms with Crippen molar-refractivity contribution in [3.05, 3.63) is 36.0 Å². The molecule has 0 saturated carbocycles. The Morgan fingerprint density at radius 3 is 2.57 bits per heavy atom. The van der Waals surface area contributed by atoms with Crippen LogP contribution < -0.4 is 5.32 Å². The molecule has 1 aromatic carbocycles. The van der Waals surface area contributed by atoms with Gasteiger partial charge >= 0.3 is 12.1 Å². The van der Waals surface area contributed by atoms with E-state index in [9.17, 15) is 9.59 Å². The quantitative estimate of drug-likeness (QED) is 0.848. The second-order valence-corrected chi connectivity index (χ2v) is 6.14. The average molecular weight is 318 g/mol. The first-order chi connectivity index (χ1) is 10.8. The van der Waals surface area contributed by atoms with Gasteiger partial charge in [-0.05, 0) is 45.2 Å². The summed E-state index contributed by atoms with van der Waals surface area (Å²) in [4.78, 5) is 27.4. The molecule has 6 nitrogen and oxygen atoms in total. The zero-order valence-corrected chi connectivity index (χ0v) is 13.8. The average Bonchev–Trinajstić information content (AvgIpc) is 2.86. The van der Waals surface area contributed by atoms with Crippen LogP contribution >= 0.6 is 0 Å². The number of ether oxygens (including phenoxy) is 2. The number of aromatic amines is 1. The predicted octanol–water partition coefficient (Wildman–Crippen LogP) is 3.30. The highest BCUT2D eigenvalue weighted by molar-refractivity contribution is 5.86. The Balaban J connectivity index is 2.26. The number of nitrogens with one attached hydrogen (secondary N) is 2. The minimum Gasteiger partial charge on any atom is -0.464 e. The molecule has 23 heavy (non-hydrogen) atoms. The van der Waals surface area contributed by atoms with Crippen LogP contribution in [0.15, 0.2) is 30.3 Å². The van der Waals surface area contributed by atoms with Crippen LogP contribution in [0.4, 0.5) is 4.79 Å². The number of amides is 1. The summed E-state index contributed by atoms with van der Waals surface area (Å²) in [6.45, 7) is 7.22. The summed E-state index contributed by atoms with van der Waals surface area (Å²) in [5.41, 5.74) is 0.780. The third-order valence-corrected chi connectivity index (χ3v) is 3.05. The topological polar surface area (TPSA) is 80.4 Å². The molecule has 0 aliphatic rings. The van der Waals surface area contributed by atoms with Crippen LogP contribution in [0.5, 0.6) is 0 Å². The zero-order valence-electron chi connectivity index (χ0n) is 13.8. The molecule has 124 valence electrons. The van der Waals surface area contributed by atoms with E-state index in [1.54, 1.807) is 27.7 Å². The van der Waals surface area contributed by atoms with E-state index < -0.39 is 23.7 Å². The number of fused-ring (bicyclic) bond motifs is 1. The highest BCUT2D eigenvalue weighted by Crippen LogP contribution is 2.21. The zero-order chi connectivity index (χ0) is 17.0. The summed E-state index contributed by atoms with van der Waals surface area (Å²) in [5.74, 6) is -0.537. The van der Waals surface area contributed by atoms with Crippen molar-refractivity contribution in [2.45, 2.75) is 39.3 Å². The number of carbonyl (C=O) groups is 2. The van der Waals surface area contributed by atoms with Gasteiger partial charge in [0.15, 0.2) is 6.04 Å². The van der Waals surface area contributed by atoms with Crippen LogP contribution in [0.2, 0.25) is 0 Å². The van der Waals surface area contributed by atoms with Crippen molar-refractivity contribution in [1.29, 1.82) is 0 Å². The first-order valence-corrected chi connectivity index (χ1v) is 7.54. The van der Waals surface area contributed by atoms with E-state index in [0.29, 0.717) is 5.69 Å². The third-order valence-electron chi connectivity index (χ3n) is 3.05. The summed E-state index contributed by atoms with van der Waals surface area (Å²) in [6.07, 6.45) is -0.672. The van der Waals surface area contributed by atoms with Crippen molar-refractivity contribution in [2.24, 2.45) is 0 Å². The number of rotatable bonds is 4. The molecule has 2 N–H and O–H groups in total. The lowest BCUT2D eigenvalue weighted by Gasteiger charge is -2.22. The van der Waals surface area contributed by atoms with Gasteiger partial charge in [-0.2, -0.15) is 0 Å². The Morgan fingerprint density at radius 2 is 1.96 bits per heavy atom. The van der Waals surface area contributed by atoms with Crippen molar-refractivity contribution in [1.82, 2.24) is 10.3 Å². The molecule has 0 fully saturated rings. The van der Waals surface area contributed by atoms with E-state index in [4.69, 9.17) is 9.47 Å². The Bertz CT molecular complexity index is 667. The minimum atomic E-state index is -0.947. The molecular weight excluding hydrogens is 296 g/mol. The smallest absolute Gasteiger partial charge is 0.408 e. The Kier molecular flexibility index (Phi) is 4.93.